The Morgan fingerprint density at radius 2 is 1.95 bits per heavy atom. The number of carbonyl (C=O) groups excluding carboxylic acids is 1. The zero-order valence-corrected chi connectivity index (χ0v) is 11.9. The number of sulfonamides is 1. The second-order valence-corrected chi connectivity index (χ2v) is 6.45. The van der Waals surface area contributed by atoms with Crippen molar-refractivity contribution in [1.82, 2.24) is 4.90 Å². The molecule has 1 saturated heterocycles. The van der Waals surface area contributed by atoms with Crippen LogP contribution in [0.25, 0.3) is 0 Å². The largest absolute Gasteiger partial charge is 0.408 e. The Morgan fingerprint density at radius 1 is 1.32 bits per heavy atom. The second kappa shape index (κ2) is 5.51. The monoisotopic (exact) mass is 340 g/mol. The smallest absolute Gasteiger partial charge is 0.326 e. The number of alkyl halides is 3. The molecule has 1 aliphatic heterocycles. The van der Waals surface area contributed by atoms with Crippen LogP contribution in [0.3, 0.4) is 0 Å². The van der Waals surface area contributed by atoms with E-state index in [4.69, 9.17) is 5.14 Å². The summed E-state index contributed by atoms with van der Waals surface area (Å²) in [5.74, 6) is -2.31. The average Bonchev–Trinajstić information content (AvgIpc) is 2.86. The minimum Gasteiger partial charge on any atom is -0.326 e. The van der Waals surface area contributed by atoms with E-state index >= 15 is 0 Å². The number of primary sulfonamides is 1. The standard InChI is InChI=1S/C12H12F4N2O3S/c13-9-4-3-7(22(17,20)21)6-8(9)11(19)18-5-1-2-10(18)12(14,15)16/h3-4,6,10H,1-2,5H2,(H2,17,20,21)/t10-/m1/s1. The normalized spacial score (nSPS) is 19.5. The van der Waals surface area contributed by atoms with Crippen molar-refractivity contribution in [3.05, 3.63) is 29.6 Å². The highest BCUT2D eigenvalue weighted by Gasteiger charge is 2.48. The molecule has 10 heteroatoms. The fraction of sp³-hybridized carbons (Fsp3) is 0.417. The number of hydrogen-bond donors (Lipinski definition) is 1. The summed E-state index contributed by atoms with van der Waals surface area (Å²) in [6.07, 6.45) is -4.77. The topological polar surface area (TPSA) is 80.5 Å². The van der Waals surface area contributed by atoms with Crippen LogP contribution in [0.2, 0.25) is 0 Å². The van der Waals surface area contributed by atoms with Gasteiger partial charge in [-0.25, -0.2) is 17.9 Å². The Balaban J connectivity index is 2.41. The first-order valence-electron chi connectivity index (χ1n) is 6.22. The average molecular weight is 340 g/mol. The molecule has 0 saturated carbocycles. The van der Waals surface area contributed by atoms with Crippen LogP contribution in [-0.4, -0.2) is 38.0 Å². The molecule has 1 atom stereocenters. The fourth-order valence-electron chi connectivity index (χ4n) is 2.35. The van der Waals surface area contributed by atoms with Gasteiger partial charge in [0.2, 0.25) is 10.0 Å². The minimum atomic E-state index is -4.62. The van der Waals surface area contributed by atoms with Gasteiger partial charge in [-0.3, -0.25) is 4.79 Å². The van der Waals surface area contributed by atoms with E-state index in [0.717, 1.165) is 6.07 Å². The highest BCUT2D eigenvalue weighted by atomic mass is 32.2. The van der Waals surface area contributed by atoms with Gasteiger partial charge >= 0.3 is 6.18 Å². The molecule has 0 unspecified atom stereocenters. The zero-order chi connectivity index (χ0) is 16.7. The van der Waals surface area contributed by atoms with Gasteiger partial charge in [-0.05, 0) is 31.0 Å². The van der Waals surface area contributed by atoms with Crippen molar-refractivity contribution >= 4 is 15.9 Å². The predicted molar refractivity (Wildman–Crippen MR) is 67.9 cm³/mol. The number of carbonyl (C=O) groups is 1. The minimum absolute atomic E-state index is 0.131. The number of nitrogens with zero attached hydrogens (tertiary/aromatic N) is 1. The number of hydrogen-bond acceptors (Lipinski definition) is 3. The summed E-state index contributed by atoms with van der Waals surface area (Å²) >= 11 is 0. The molecule has 1 aromatic rings. The molecular formula is C12H12F4N2O3S. The molecule has 122 valence electrons. The summed E-state index contributed by atoms with van der Waals surface area (Å²) in [6, 6.07) is 0.175. The summed E-state index contributed by atoms with van der Waals surface area (Å²) in [7, 11) is -4.20. The predicted octanol–water partition coefficient (Wildman–Crippen LogP) is 1.64. The number of likely N-dealkylation sites (tertiary alicyclic amines) is 1. The van der Waals surface area contributed by atoms with Crippen LogP contribution in [0.5, 0.6) is 0 Å². The van der Waals surface area contributed by atoms with Crippen molar-refractivity contribution in [3.63, 3.8) is 0 Å². The Hall–Kier alpha value is -1.68. The van der Waals surface area contributed by atoms with Crippen molar-refractivity contribution in [1.29, 1.82) is 0 Å². The molecule has 2 rings (SSSR count). The molecular weight excluding hydrogens is 328 g/mol. The summed E-state index contributed by atoms with van der Waals surface area (Å²) < 4.78 is 74.7. The maximum atomic E-state index is 13.7. The third-order valence-corrected chi connectivity index (χ3v) is 4.30. The van der Waals surface area contributed by atoms with Gasteiger partial charge in [0.15, 0.2) is 0 Å². The number of nitrogens with two attached hydrogens (primary N) is 1. The SMILES string of the molecule is NS(=O)(=O)c1ccc(F)c(C(=O)N2CCC[C@@H]2C(F)(F)F)c1. The number of rotatable bonds is 2. The summed E-state index contributed by atoms with van der Waals surface area (Å²) in [6.45, 7) is -0.179. The van der Waals surface area contributed by atoms with Gasteiger partial charge in [0.05, 0.1) is 10.5 Å². The highest BCUT2D eigenvalue weighted by Crippen LogP contribution is 2.34. The van der Waals surface area contributed by atoms with Gasteiger partial charge in [-0.2, -0.15) is 13.2 Å². The summed E-state index contributed by atoms with van der Waals surface area (Å²) in [4.78, 5) is 12.1. The van der Waals surface area contributed by atoms with E-state index in [-0.39, 0.29) is 19.4 Å². The molecule has 2 N–H and O–H groups in total. The van der Waals surface area contributed by atoms with Crippen molar-refractivity contribution in [2.24, 2.45) is 5.14 Å². The fourth-order valence-corrected chi connectivity index (χ4v) is 2.89. The van der Waals surface area contributed by atoms with Crippen LogP contribution >= 0.6 is 0 Å². The lowest BCUT2D eigenvalue weighted by molar-refractivity contribution is -0.169. The van der Waals surface area contributed by atoms with Crippen LogP contribution in [0.1, 0.15) is 23.2 Å². The Labute approximate surface area is 123 Å². The third kappa shape index (κ3) is 3.22. The first kappa shape index (κ1) is 16.7. The third-order valence-electron chi connectivity index (χ3n) is 3.39. The van der Waals surface area contributed by atoms with Crippen molar-refractivity contribution in [3.8, 4) is 0 Å². The second-order valence-electron chi connectivity index (χ2n) is 4.88. The van der Waals surface area contributed by atoms with E-state index in [1.165, 1.54) is 0 Å². The van der Waals surface area contributed by atoms with Gasteiger partial charge in [-0.15, -0.1) is 0 Å². The van der Waals surface area contributed by atoms with Gasteiger partial charge in [0.1, 0.15) is 11.9 Å². The molecule has 0 bridgehead atoms. The van der Waals surface area contributed by atoms with Gasteiger partial charge in [0.25, 0.3) is 5.91 Å². The number of benzene rings is 1. The lowest BCUT2D eigenvalue weighted by Crippen LogP contribution is -2.44. The molecule has 0 spiro atoms. The van der Waals surface area contributed by atoms with Crippen LogP contribution in [0, 0.1) is 5.82 Å². The quantitative estimate of drug-likeness (QED) is 0.831. The zero-order valence-electron chi connectivity index (χ0n) is 11.1. The first-order valence-corrected chi connectivity index (χ1v) is 7.76. The van der Waals surface area contributed by atoms with E-state index in [2.05, 4.69) is 0 Å². The van der Waals surface area contributed by atoms with Gasteiger partial charge in [0, 0.05) is 6.54 Å². The number of amides is 1. The lowest BCUT2D eigenvalue weighted by Gasteiger charge is -2.26. The molecule has 1 heterocycles. The maximum absolute atomic E-state index is 13.7. The molecule has 22 heavy (non-hydrogen) atoms. The molecule has 1 aromatic carbocycles. The van der Waals surface area contributed by atoms with Crippen molar-refractivity contribution < 1.29 is 30.8 Å². The summed E-state index contributed by atoms with van der Waals surface area (Å²) in [5, 5.41) is 4.87. The molecule has 1 fully saturated rings. The molecule has 1 amide bonds. The van der Waals surface area contributed by atoms with E-state index in [1.54, 1.807) is 0 Å². The molecule has 0 radical (unpaired) electrons. The van der Waals surface area contributed by atoms with E-state index in [9.17, 15) is 30.8 Å². The molecule has 0 aromatic heterocycles. The van der Waals surface area contributed by atoms with Crippen LogP contribution in [-0.2, 0) is 10.0 Å². The highest BCUT2D eigenvalue weighted by molar-refractivity contribution is 7.89. The Morgan fingerprint density at radius 3 is 2.50 bits per heavy atom. The number of halogens is 4. The van der Waals surface area contributed by atoms with E-state index in [0.29, 0.717) is 17.0 Å². The van der Waals surface area contributed by atoms with E-state index < -0.39 is 44.4 Å². The Kier molecular flexibility index (Phi) is 4.18. The van der Waals surface area contributed by atoms with Crippen LogP contribution < -0.4 is 5.14 Å². The molecule has 5 nitrogen and oxygen atoms in total. The molecule has 1 aliphatic rings. The maximum Gasteiger partial charge on any atom is 0.408 e. The van der Waals surface area contributed by atoms with Crippen LogP contribution in [0.4, 0.5) is 17.6 Å². The van der Waals surface area contributed by atoms with Crippen molar-refractivity contribution in [2.45, 2.75) is 30.0 Å². The molecule has 0 aliphatic carbocycles. The van der Waals surface area contributed by atoms with E-state index in [1.807, 2.05) is 0 Å². The van der Waals surface area contributed by atoms with Crippen LogP contribution in [0.15, 0.2) is 23.1 Å². The lowest BCUT2D eigenvalue weighted by atomic mass is 10.1. The first-order chi connectivity index (χ1) is 10.0. The van der Waals surface area contributed by atoms with Gasteiger partial charge in [-0.1, -0.05) is 0 Å². The Bertz CT molecular complexity index is 703. The summed E-state index contributed by atoms with van der Waals surface area (Å²) in [5.41, 5.74) is -0.748. The van der Waals surface area contributed by atoms with Crippen molar-refractivity contribution in [2.75, 3.05) is 6.54 Å². The van der Waals surface area contributed by atoms with Gasteiger partial charge < -0.3 is 4.90 Å².